The van der Waals surface area contributed by atoms with Crippen molar-refractivity contribution in [2.24, 2.45) is 4.99 Å². The van der Waals surface area contributed by atoms with Crippen molar-refractivity contribution in [1.29, 1.82) is 0 Å². The molecule has 0 amide bonds. The third kappa shape index (κ3) is 2.96. The Bertz CT molecular complexity index is 569. The van der Waals surface area contributed by atoms with Gasteiger partial charge in [-0.15, -0.1) is 0 Å². The standard InChI is InChI=1S/C14H11BrFNO/c1-18-14(10-5-3-2-4-6-10)17-13-8-7-11(16)9-12(13)15/h2-9H,1H3. The summed E-state index contributed by atoms with van der Waals surface area (Å²) in [5.41, 5.74) is 1.49. The quantitative estimate of drug-likeness (QED) is 0.598. The number of halogens is 2. The lowest BCUT2D eigenvalue weighted by Crippen LogP contribution is -2.02. The zero-order valence-corrected chi connectivity index (χ0v) is 11.3. The zero-order chi connectivity index (χ0) is 13.0. The second-order valence-corrected chi connectivity index (χ2v) is 4.44. The van der Waals surface area contributed by atoms with Gasteiger partial charge >= 0.3 is 0 Å². The third-order valence-electron chi connectivity index (χ3n) is 2.35. The number of methoxy groups -OCH3 is 1. The van der Waals surface area contributed by atoms with E-state index in [1.54, 1.807) is 13.2 Å². The van der Waals surface area contributed by atoms with E-state index in [9.17, 15) is 4.39 Å². The van der Waals surface area contributed by atoms with Crippen molar-refractivity contribution in [3.63, 3.8) is 0 Å². The van der Waals surface area contributed by atoms with E-state index in [2.05, 4.69) is 20.9 Å². The summed E-state index contributed by atoms with van der Waals surface area (Å²) in [6.45, 7) is 0. The van der Waals surface area contributed by atoms with Crippen LogP contribution in [0, 0.1) is 5.82 Å². The first-order valence-electron chi connectivity index (χ1n) is 5.34. The molecule has 0 saturated carbocycles. The highest BCUT2D eigenvalue weighted by Gasteiger charge is 2.05. The first-order chi connectivity index (χ1) is 8.70. The molecule has 2 rings (SSSR count). The van der Waals surface area contributed by atoms with Crippen molar-refractivity contribution in [1.82, 2.24) is 0 Å². The van der Waals surface area contributed by atoms with Crippen molar-refractivity contribution in [3.8, 4) is 0 Å². The fourth-order valence-corrected chi connectivity index (χ4v) is 1.93. The van der Waals surface area contributed by atoms with Gasteiger partial charge in [-0.25, -0.2) is 9.38 Å². The zero-order valence-electron chi connectivity index (χ0n) is 9.73. The molecule has 18 heavy (non-hydrogen) atoms. The highest BCUT2D eigenvalue weighted by atomic mass is 79.9. The number of ether oxygens (including phenoxy) is 1. The molecule has 0 aromatic heterocycles. The van der Waals surface area contributed by atoms with Gasteiger partial charge in [-0.2, -0.15) is 0 Å². The predicted octanol–water partition coefficient (Wildman–Crippen LogP) is 4.31. The molecule has 92 valence electrons. The van der Waals surface area contributed by atoms with E-state index < -0.39 is 0 Å². The van der Waals surface area contributed by atoms with Crippen LogP contribution in [0.1, 0.15) is 5.56 Å². The minimum Gasteiger partial charge on any atom is -0.481 e. The summed E-state index contributed by atoms with van der Waals surface area (Å²) in [5.74, 6) is 0.183. The van der Waals surface area contributed by atoms with Crippen molar-refractivity contribution in [2.75, 3.05) is 7.11 Å². The van der Waals surface area contributed by atoms with Gasteiger partial charge in [-0.05, 0) is 46.3 Å². The Balaban J connectivity index is 2.41. The summed E-state index contributed by atoms with van der Waals surface area (Å²) in [7, 11) is 1.56. The Morgan fingerprint density at radius 1 is 1.17 bits per heavy atom. The maximum absolute atomic E-state index is 13.0. The number of rotatable bonds is 2. The van der Waals surface area contributed by atoms with Crippen LogP contribution < -0.4 is 0 Å². The molecule has 0 unspecified atom stereocenters. The van der Waals surface area contributed by atoms with Crippen LogP contribution in [0.4, 0.5) is 10.1 Å². The van der Waals surface area contributed by atoms with E-state index in [4.69, 9.17) is 4.74 Å². The van der Waals surface area contributed by atoms with Gasteiger partial charge < -0.3 is 4.74 Å². The largest absolute Gasteiger partial charge is 0.481 e. The summed E-state index contributed by atoms with van der Waals surface area (Å²) < 4.78 is 18.8. The molecule has 0 fully saturated rings. The molecule has 0 saturated heterocycles. The summed E-state index contributed by atoms with van der Waals surface area (Å²) in [6.07, 6.45) is 0. The Hall–Kier alpha value is -1.68. The smallest absolute Gasteiger partial charge is 0.221 e. The fraction of sp³-hybridized carbons (Fsp3) is 0.0714. The fourth-order valence-electron chi connectivity index (χ4n) is 1.49. The SMILES string of the molecule is COC(=Nc1ccc(F)cc1Br)c1ccccc1. The van der Waals surface area contributed by atoms with E-state index in [0.717, 1.165) is 5.56 Å². The van der Waals surface area contributed by atoms with Crippen LogP contribution in [0.25, 0.3) is 0 Å². The van der Waals surface area contributed by atoms with Gasteiger partial charge in [0.05, 0.1) is 12.8 Å². The molecule has 0 bridgehead atoms. The summed E-state index contributed by atoms with van der Waals surface area (Å²) in [6, 6.07) is 13.9. The molecule has 0 spiro atoms. The highest BCUT2D eigenvalue weighted by Crippen LogP contribution is 2.26. The van der Waals surface area contributed by atoms with Crippen LogP contribution >= 0.6 is 15.9 Å². The lowest BCUT2D eigenvalue weighted by molar-refractivity contribution is 0.405. The van der Waals surface area contributed by atoms with Crippen LogP contribution in [0.3, 0.4) is 0 Å². The molecule has 4 heteroatoms. The van der Waals surface area contributed by atoms with E-state index >= 15 is 0 Å². The minimum absolute atomic E-state index is 0.306. The van der Waals surface area contributed by atoms with Crippen molar-refractivity contribution in [2.45, 2.75) is 0 Å². The van der Waals surface area contributed by atoms with Gasteiger partial charge in [-0.3, -0.25) is 0 Å². The van der Waals surface area contributed by atoms with Crippen LogP contribution in [0.2, 0.25) is 0 Å². The number of hydrogen-bond donors (Lipinski definition) is 0. The van der Waals surface area contributed by atoms with Crippen molar-refractivity contribution in [3.05, 3.63) is 64.4 Å². The topological polar surface area (TPSA) is 21.6 Å². The van der Waals surface area contributed by atoms with Crippen LogP contribution in [-0.4, -0.2) is 13.0 Å². The van der Waals surface area contributed by atoms with E-state index in [0.29, 0.717) is 16.1 Å². The maximum atomic E-state index is 13.0. The maximum Gasteiger partial charge on any atom is 0.221 e. The molecule has 0 radical (unpaired) electrons. The van der Waals surface area contributed by atoms with Crippen LogP contribution in [-0.2, 0) is 4.74 Å². The molecule has 2 aromatic rings. The van der Waals surface area contributed by atoms with Crippen molar-refractivity contribution >= 4 is 27.5 Å². The molecule has 0 aliphatic carbocycles. The Kier molecular flexibility index (Phi) is 4.10. The molecule has 2 aromatic carbocycles. The molecule has 0 heterocycles. The van der Waals surface area contributed by atoms with Crippen LogP contribution in [0.5, 0.6) is 0 Å². The normalized spacial score (nSPS) is 11.4. The van der Waals surface area contributed by atoms with Gasteiger partial charge in [-0.1, -0.05) is 18.2 Å². The highest BCUT2D eigenvalue weighted by molar-refractivity contribution is 9.10. The Morgan fingerprint density at radius 3 is 2.50 bits per heavy atom. The van der Waals surface area contributed by atoms with E-state index in [1.807, 2.05) is 30.3 Å². The molecule has 0 aliphatic heterocycles. The average Bonchev–Trinajstić information content (AvgIpc) is 2.39. The summed E-state index contributed by atoms with van der Waals surface area (Å²) in [4.78, 5) is 4.37. The van der Waals surface area contributed by atoms with Gasteiger partial charge in [0.25, 0.3) is 0 Å². The first-order valence-corrected chi connectivity index (χ1v) is 6.13. The minimum atomic E-state index is -0.306. The van der Waals surface area contributed by atoms with E-state index in [-0.39, 0.29) is 5.82 Å². The predicted molar refractivity (Wildman–Crippen MR) is 73.7 cm³/mol. The number of benzene rings is 2. The number of aliphatic imine (C=N–C) groups is 1. The number of nitrogens with zero attached hydrogens (tertiary/aromatic N) is 1. The van der Waals surface area contributed by atoms with Crippen LogP contribution in [0.15, 0.2) is 58.0 Å². The Morgan fingerprint density at radius 2 is 1.89 bits per heavy atom. The molecular formula is C14H11BrFNO. The van der Waals surface area contributed by atoms with Gasteiger partial charge in [0, 0.05) is 10.0 Å². The number of hydrogen-bond acceptors (Lipinski definition) is 2. The molecule has 0 atom stereocenters. The second-order valence-electron chi connectivity index (χ2n) is 3.58. The van der Waals surface area contributed by atoms with Gasteiger partial charge in [0.1, 0.15) is 5.82 Å². The van der Waals surface area contributed by atoms with Gasteiger partial charge in [0.15, 0.2) is 0 Å². The first kappa shape index (κ1) is 12.8. The van der Waals surface area contributed by atoms with Gasteiger partial charge in [0.2, 0.25) is 5.90 Å². The average molecular weight is 308 g/mol. The molecule has 0 N–H and O–H groups in total. The van der Waals surface area contributed by atoms with Crippen molar-refractivity contribution < 1.29 is 9.13 Å². The summed E-state index contributed by atoms with van der Waals surface area (Å²) >= 11 is 3.27. The molecular weight excluding hydrogens is 297 g/mol. The summed E-state index contributed by atoms with van der Waals surface area (Å²) in [5, 5.41) is 0. The lowest BCUT2D eigenvalue weighted by atomic mass is 10.2. The second kappa shape index (κ2) is 5.78. The third-order valence-corrected chi connectivity index (χ3v) is 2.98. The van der Waals surface area contributed by atoms with E-state index in [1.165, 1.54) is 12.1 Å². The molecule has 2 nitrogen and oxygen atoms in total. The molecule has 0 aliphatic rings. The Labute approximate surface area is 113 Å². The monoisotopic (exact) mass is 307 g/mol. The lowest BCUT2D eigenvalue weighted by Gasteiger charge is -2.06.